The van der Waals surface area contributed by atoms with Gasteiger partial charge in [0.15, 0.2) is 0 Å². The molecule has 112 valence electrons. The van der Waals surface area contributed by atoms with Gasteiger partial charge in [0.2, 0.25) is 9.84 Å². The molecule has 0 amide bonds. The average molecular weight is 377 g/mol. The van der Waals surface area contributed by atoms with E-state index in [4.69, 9.17) is 0 Å². The first-order valence-electron chi connectivity index (χ1n) is 5.87. The number of hydrogen-bond donors (Lipinski definition) is 1. The maximum Gasteiger partial charge on any atom is 0.341 e. The Morgan fingerprint density at radius 2 is 1.81 bits per heavy atom. The summed E-state index contributed by atoms with van der Waals surface area (Å²) in [6.07, 6.45) is 0. The van der Waals surface area contributed by atoms with Gasteiger partial charge in [-0.15, -0.1) is 0 Å². The smallest absolute Gasteiger partial charge is 0.341 e. The highest BCUT2D eigenvalue weighted by Crippen LogP contribution is 2.20. The molecule has 0 aliphatic carbocycles. The SMILES string of the molecule is O=S(=O)(c1ccc(NCc2cccc(Br)n2)cc1)C(F)F. The maximum atomic E-state index is 12.4. The molecule has 0 saturated heterocycles. The van der Waals surface area contributed by atoms with Crippen molar-refractivity contribution in [2.45, 2.75) is 17.2 Å². The van der Waals surface area contributed by atoms with Gasteiger partial charge in [0.1, 0.15) is 4.60 Å². The normalized spacial score (nSPS) is 11.6. The number of halogens is 3. The first-order chi connectivity index (χ1) is 9.89. The molecule has 0 aliphatic heterocycles. The quantitative estimate of drug-likeness (QED) is 0.811. The molecule has 0 atom stereocenters. The highest BCUT2D eigenvalue weighted by Gasteiger charge is 2.26. The molecule has 4 nitrogen and oxygen atoms in total. The molecular formula is C13H11BrF2N2O2S. The van der Waals surface area contributed by atoms with Crippen molar-refractivity contribution in [3.63, 3.8) is 0 Å². The van der Waals surface area contributed by atoms with Crippen LogP contribution in [0.3, 0.4) is 0 Å². The van der Waals surface area contributed by atoms with Gasteiger partial charge < -0.3 is 5.32 Å². The molecule has 1 N–H and O–H groups in total. The van der Waals surface area contributed by atoms with E-state index >= 15 is 0 Å². The number of nitrogens with one attached hydrogen (secondary N) is 1. The molecular weight excluding hydrogens is 366 g/mol. The zero-order chi connectivity index (χ0) is 15.5. The molecule has 0 unspecified atom stereocenters. The average Bonchev–Trinajstić information content (AvgIpc) is 2.45. The van der Waals surface area contributed by atoms with E-state index in [2.05, 4.69) is 26.2 Å². The predicted molar refractivity (Wildman–Crippen MR) is 78.9 cm³/mol. The van der Waals surface area contributed by atoms with Crippen LogP contribution in [0.5, 0.6) is 0 Å². The fraction of sp³-hybridized carbons (Fsp3) is 0.154. The second kappa shape index (κ2) is 6.48. The van der Waals surface area contributed by atoms with Gasteiger partial charge in [0.25, 0.3) is 0 Å². The third-order valence-corrected chi connectivity index (χ3v) is 4.50. The van der Waals surface area contributed by atoms with Crippen molar-refractivity contribution in [2.75, 3.05) is 5.32 Å². The second-order valence-corrected chi connectivity index (χ2v) is 6.87. The summed E-state index contributed by atoms with van der Waals surface area (Å²) in [5, 5.41) is 3.03. The van der Waals surface area contributed by atoms with Gasteiger partial charge in [-0.2, -0.15) is 8.78 Å². The summed E-state index contributed by atoms with van der Waals surface area (Å²) < 4.78 is 48.0. The molecule has 2 rings (SSSR count). The number of hydrogen-bond acceptors (Lipinski definition) is 4. The predicted octanol–water partition coefficient (Wildman–Crippen LogP) is 3.45. The Balaban J connectivity index is 2.07. The number of anilines is 1. The van der Waals surface area contributed by atoms with Crippen LogP contribution in [0.25, 0.3) is 0 Å². The number of sulfone groups is 1. The molecule has 0 fully saturated rings. The largest absolute Gasteiger partial charge is 0.379 e. The van der Waals surface area contributed by atoms with E-state index < -0.39 is 20.5 Å². The second-order valence-electron chi connectivity index (χ2n) is 4.14. The van der Waals surface area contributed by atoms with Crippen LogP contribution >= 0.6 is 15.9 Å². The lowest BCUT2D eigenvalue weighted by Gasteiger charge is -2.08. The molecule has 21 heavy (non-hydrogen) atoms. The van der Waals surface area contributed by atoms with E-state index in [0.29, 0.717) is 16.8 Å². The van der Waals surface area contributed by atoms with Crippen LogP contribution in [0.15, 0.2) is 52.0 Å². The molecule has 8 heteroatoms. The number of rotatable bonds is 5. The number of nitrogens with zero attached hydrogens (tertiary/aromatic N) is 1. The van der Waals surface area contributed by atoms with Crippen LogP contribution in [0.4, 0.5) is 14.5 Å². The summed E-state index contributed by atoms with van der Waals surface area (Å²) in [6, 6.07) is 10.6. The Morgan fingerprint density at radius 3 is 2.38 bits per heavy atom. The van der Waals surface area contributed by atoms with E-state index in [1.165, 1.54) is 12.1 Å². The minimum atomic E-state index is -4.55. The minimum absolute atomic E-state index is 0.399. The topological polar surface area (TPSA) is 59.1 Å². The molecule has 0 bridgehead atoms. The number of pyridine rings is 1. The van der Waals surface area contributed by atoms with Crippen molar-refractivity contribution in [3.05, 3.63) is 52.8 Å². The molecule has 0 spiro atoms. The summed E-state index contributed by atoms with van der Waals surface area (Å²) in [4.78, 5) is 3.83. The van der Waals surface area contributed by atoms with Crippen LogP contribution in [0.1, 0.15) is 5.69 Å². The van der Waals surface area contributed by atoms with Crippen LogP contribution in [-0.2, 0) is 16.4 Å². The van der Waals surface area contributed by atoms with E-state index in [1.54, 1.807) is 6.07 Å². The Bertz CT molecular complexity index is 721. The van der Waals surface area contributed by atoms with Crippen molar-refractivity contribution >= 4 is 31.5 Å². The molecule has 1 aromatic carbocycles. The minimum Gasteiger partial charge on any atom is -0.379 e. The maximum absolute atomic E-state index is 12.4. The van der Waals surface area contributed by atoms with Crippen molar-refractivity contribution in [2.24, 2.45) is 0 Å². The zero-order valence-corrected chi connectivity index (χ0v) is 13.0. The van der Waals surface area contributed by atoms with Gasteiger partial charge in [-0.05, 0) is 52.3 Å². The van der Waals surface area contributed by atoms with E-state index in [1.807, 2.05) is 12.1 Å². The Hall–Kier alpha value is -1.54. The van der Waals surface area contributed by atoms with Crippen molar-refractivity contribution in [1.82, 2.24) is 4.98 Å². The molecule has 0 radical (unpaired) electrons. The number of benzene rings is 1. The van der Waals surface area contributed by atoms with Crippen LogP contribution in [0, 0.1) is 0 Å². The highest BCUT2D eigenvalue weighted by atomic mass is 79.9. The molecule has 0 saturated carbocycles. The van der Waals surface area contributed by atoms with Gasteiger partial charge in [0.05, 0.1) is 17.1 Å². The lowest BCUT2D eigenvalue weighted by molar-refractivity contribution is 0.234. The van der Waals surface area contributed by atoms with Gasteiger partial charge in [-0.25, -0.2) is 13.4 Å². The molecule has 1 aromatic heterocycles. The first-order valence-corrected chi connectivity index (χ1v) is 8.21. The summed E-state index contributed by atoms with van der Waals surface area (Å²) in [6.45, 7) is 0.431. The lowest BCUT2D eigenvalue weighted by Crippen LogP contribution is -2.11. The Morgan fingerprint density at radius 1 is 1.14 bits per heavy atom. The Kier molecular flexibility index (Phi) is 4.89. The van der Waals surface area contributed by atoms with Crippen molar-refractivity contribution < 1.29 is 17.2 Å². The van der Waals surface area contributed by atoms with Crippen LogP contribution in [0.2, 0.25) is 0 Å². The van der Waals surface area contributed by atoms with Crippen molar-refractivity contribution in [1.29, 1.82) is 0 Å². The highest BCUT2D eigenvalue weighted by molar-refractivity contribution is 9.10. The molecule has 0 aliphatic rings. The van der Waals surface area contributed by atoms with E-state index in [9.17, 15) is 17.2 Å². The lowest BCUT2D eigenvalue weighted by atomic mass is 10.3. The summed E-state index contributed by atoms with van der Waals surface area (Å²) in [5.74, 6) is -3.41. The van der Waals surface area contributed by atoms with Crippen LogP contribution in [-0.4, -0.2) is 19.2 Å². The van der Waals surface area contributed by atoms with E-state index in [-0.39, 0.29) is 0 Å². The number of alkyl halides is 2. The summed E-state index contributed by atoms with van der Waals surface area (Å²) in [7, 11) is -4.55. The van der Waals surface area contributed by atoms with Crippen LogP contribution < -0.4 is 5.32 Å². The van der Waals surface area contributed by atoms with E-state index in [0.717, 1.165) is 17.8 Å². The van der Waals surface area contributed by atoms with Gasteiger partial charge in [0, 0.05) is 5.69 Å². The standard InChI is InChI=1S/C13H11BrF2N2O2S/c14-12-3-1-2-10(18-12)8-17-9-4-6-11(7-5-9)21(19,20)13(15)16/h1-7,13,17H,8H2. The first kappa shape index (κ1) is 15.8. The van der Waals surface area contributed by atoms with Gasteiger partial charge >= 0.3 is 5.76 Å². The summed E-state index contributed by atoms with van der Waals surface area (Å²) >= 11 is 3.26. The monoisotopic (exact) mass is 376 g/mol. The van der Waals surface area contributed by atoms with Gasteiger partial charge in [-0.3, -0.25) is 0 Å². The number of aromatic nitrogens is 1. The van der Waals surface area contributed by atoms with Crippen molar-refractivity contribution in [3.8, 4) is 0 Å². The molecule has 2 aromatic rings. The zero-order valence-electron chi connectivity index (χ0n) is 10.6. The fourth-order valence-electron chi connectivity index (χ4n) is 1.61. The Labute approximate surface area is 129 Å². The molecule has 1 heterocycles. The third kappa shape index (κ3) is 3.98. The third-order valence-electron chi connectivity index (χ3n) is 2.66. The fourth-order valence-corrected chi connectivity index (χ4v) is 2.71. The summed E-state index contributed by atoms with van der Waals surface area (Å²) in [5.41, 5.74) is 1.40. The van der Waals surface area contributed by atoms with Gasteiger partial charge in [-0.1, -0.05) is 6.07 Å².